The van der Waals surface area contributed by atoms with Crippen molar-refractivity contribution in [2.45, 2.75) is 25.4 Å². The number of rotatable bonds is 3. The number of likely N-dealkylation sites (tertiary alicyclic amines) is 1. The van der Waals surface area contributed by atoms with Crippen molar-refractivity contribution in [1.29, 1.82) is 0 Å². The molecule has 1 saturated heterocycles. The van der Waals surface area contributed by atoms with Gasteiger partial charge in [0.05, 0.1) is 11.0 Å². The molecule has 0 bridgehead atoms. The number of aromatic nitrogens is 3. The highest BCUT2D eigenvalue weighted by atomic mass is 35.5. The van der Waals surface area contributed by atoms with Crippen LogP contribution in [0.4, 0.5) is 0 Å². The van der Waals surface area contributed by atoms with E-state index in [1.54, 1.807) is 5.38 Å². The maximum absolute atomic E-state index is 12.6. The van der Waals surface area contributed by atoms with Crippen molar-refractivity contribution in [2.24, 2.45) is 5.73 Å². The SMILES string of the molecule is Cl.NCc1nc(C(=O)N2CCC(n3c(=O)[nH]c4ccccc43)CC2)cs1. The minimum atomic E-state index is -0.0851. The van der Waals surface area contributed by atoms with Crippen LogP contribution in [0.25, 0.3) is 11.0 Å². The predicted octanol–water partition coefficient (Wildman–Crippen LogP) is 2.14. The monoisotopic (exact) mass is 393 g/mol. The molecule has 0 spiro atoms. The summed E-state index contributed by atoms with van der Waals surface area (Å²) in [6, 6.07) is 7.80. The number of nitrogens with one attached hydrogen (secondary N) is 1. The van der Waals surface area contributed by atoms with Gasteiger partial charge in [-0.3, -0.25) is 9.36 Å². The normalized spacial score (nSPS) is 15.2. The minimum absolute atomic E-state index is 0. The molecule has 1 aliphatic heterocycles. The third kappa shape index (κ3) is 3.27. The Kier molecular flexibility index (Phi) is 5.45. The van der Waals surface area contributed by atoms with E-state index in [0.717, 1.165) is 28.9 Å². The van der Waals surface area contributed by atoms with Crippen molar-refractivity contribution in [3.63, 3.8) is 0 Å². The molecule has 0 radical (unpaired) electrons. The van der Waals surface area contributed by atoms with Crippen LogP contribution in [0.15, 0.2) is 34.4 Å². The Hall–Kier alpha value is -2.16. The van der Waals surface area contributed by atoms with Crippen LogP contribution in [0.5, 0.6) is 0 Å². The Labute approximate surface area is 160 Å². The second-order valence-electron chi connectivity index (χ2n) is 6.17. The number of benzene rings is 1. The number of carbonyl (C=O) groups is 1. The number of aromatic amines is 1. The zero-order chi connectivity index (χ0) is 17.4. The summed E-state index contributed by atoms with van der Waals surface area (Å²) in [5.74, 6) is -0.0549. The number of hydrogen-bond acceptors (Lipinski definition) is 5. The zero-order valence-electron chi connectivity index (χ0n) is 14.1. The van der Waals surface area contributed by atoms with Gasteiger partial charge in [-0.2, -0.15) is 0 Å². The number of imidazole rings is 1. The van der Waals surface area contributed by atoms with Crippen LogP contribution in [-0.2, 0) is 6.54 Å². The first-order chi connectivity index (χ1) is 12.2. The van der Waals surface area contributed by atoms with Gasteiger partial charge in [-0.25, -0.2) is 9.78 Å². The summed E-state index contributed by atoms with van der Waals surface area (Å²) < 4.78 is 1.83. The molecule has 138 valence electrons. The van der Waals surface area contributed by atoms with E-state index in [9.17, 15) is 9.59 Å². The molecule has 9 heteroatoms. The molecule has 3 N–H and O–H groups in total. The topological polar surface area (TPSA) is 97.0 Å². The first-order valence-electron chi connectivity index (χ1n) is 8.30. The summed E-state index contributed by atoms with van der Waals surface area (Å²) in [6.45, 7) is 1.58. The van der Waals surface area contributed by atoms with Gasteiger partial charge in [0.25, 0.3) is 5.91 Å². The van der Waals surface area contributed by atoms with E-state index in [4.69, 9.17) is 5.73 Å². The van der Waals surface area contributed by atoms with Crippen LogP contribution in [-0.4, -0.2) is 38.4 Å². The summed E-state index contributed by atoms with van der Waals surface area (Å²) in [4.78, 5) is 33.9. The van der Waals surface area contributed by atoms with Crippen LogP contribution < -0.4 is 11.4 Å². The van der Waals surface area contributed by atoms with Gasteiger partial charge >= 0.3 is 5.69 Å². The van der Waals surface area contributed by atoms with E-state index in [1.807, 2.05) is 33.7 Å². The number of carbonyl (C=O) groups excluding carboxylic acids is 1. The van der Waals surface area contributed by atoms with E-state index < -0.39 is 0 Å². The van der Waals surface area contributed by atoms with E-state index in [-0.39, 0.29) is 30.0 Å². The average molecular weight is 394 g/mol. The number of nitrogens with two attached hydrogens (primary N) is 1. The second-order valence-corrected chi connectivity index (χ2v) is 7.11. The molecule has 3 aromatic rings. The highest BCUT2D eigenvalue weighted by Gasteiger charge is 2.27. The quantitative estimate of drug-likeness (QED) is 0.712. The average Bonchev–Trinajstić information content (AvgIpc) is 3.25. The lowest BCUT2D eigenvalue weighted by Gasteiger charge is -2.32. The van der Waals surface area contributed by atoms with Gasteiger partial charge in [0.15, 0.2) is 0 Å². The Morgan fingerprint density at radius 3 is 2.73 bits per heavy atom. The van der Waals surface area contributed by atoms with Crippen LogP contribution >= 0.6 is 23.7 Å². The molecule has 26 heavy (non-hydrogen) atoms. The number of halogens is 1. The summed E-state index contributed by atoms with van der Waals surface area (Å²) in [5.41, 5.74) is 7.71. The Morgan fingerprint density at radius 1 is 1.31 bits per heavy atom. The summed E-state index contributed by atoms with van der Waals surface area (Å²) in [5, 5.41) is 2.53. The van der Waals surface area contributed by atoms with Gasteiger partial charge < -0.3 is 15.6 Å². The van der Waals surface area contributed by atoms with Gasteiger partial charge in [-0.1, -0.05) is 12.1 Å². The van der Waals surface area contributed by atoms with Gasteiger partial charge in [-0.15, -0.1) is 23.7 Å². The molecule has 2 aromatic heterocycles. The fourth-order valence-corrected chi connectivity index (χ4v) is 4.08. The number of H-pyrrole nitrogens is 1. The van der Waals surface area contributed by atoms with Crippen molar-refractivity contribution in [2.75, 3.05) is 13.1 Å². The molecule has 1 amide bonds. The zero-order valence-corrected chi connectivity index (χ0v) is 15.7. The third-order valence-corrected chi connectivity index (χ3v) is 5.56. The van der Waals surface area contributed by atoms with Crippen molar-refractivity contribution >= 4 is 40.7 Å². The lowest BCUT2D eigenvalue weighted by Crippen LogP contribution is -2.40. The van der Waals surface area contributed by atoms with Gasteiger partial charge in [0, 0.05) is 31.1 Å². The van der Waals surface area contributed by atoms with Crippen LogP contribution in [0, 0.1) is 0 Å². The van der Waals surface area contributed by atoms with Gasteiger partial charge in [0.2, 0.25) is 0 Å². The molecule has 0 saturated carbocycles. The summed E-state index contributed by atoms with van der Waals surface area (Å²) >= 11 is 1.41. The Balaban J connectivity index is 0.00000196. The molecule has 3 heterocycles. The van der Waals surface area contributed by atoms with Crippen molar-refractivity contribution in [3.05, 3.63) is 50.8 Å². The fraction of sp³-hybridized carbons (Fsp3) is 0.353. The highest BCUT2D eigenvalue weighted by Crippen LogP contribution is 2.25. The Morgan fingerprint density at radius 2 is 2.04 bits per heavy atom. The van der Waals surface area contributed by atoms with Gasteiger partial charge in [-0.05, 0) is 25.0 Å². The number of hydrogen-bond donors (Lipinski definition) is 2. The molecule has 0 unspecified atom stereocenters. The molecule has 1 fully saturated rings. The van der Waals surface area contributed by atoms with Crippen LogP contribution in [0.3, 0.4) is 0 Å². The van der Waals surface area contributed by atoms with E-state index in [0.29, 0.717) is 25.3 Å². The first-order valence-corrected chi connectivity index (χ1v) is 9.18. The smallest absolute Gasteiger partial charge is 0.326 e. The first kappa shape index (κ1) is 18.6. The maximum atomic E-state index is 12.6. The number of fused-ring (bicyclic) bond motifs is 1. The molecule has 4 rings (SSSR count). The molecule has 0 atom stereocenters. The van der Waals surface area contributed by atoms with Crippen molar-refractivity contribution in [1.82, 2.24) is 19.4 Å². The molecule has 1 aliphatic rings. The van der Waals surface area contributed by atoms with Gasteiger partial charge in [0.1, 0.15) is 10.7 Å². The van der Waals surface area contributed by atoms with E-state index >= 15 is 0 Å². The summed E-state index contributed by atoms with van der Waals surface area (Å²) in [6.07, 6.45) is 1.50. The second kappa shape index (κ2) is 7.61. The van der Waals surface area contributed by atoms with Crippen molar-refractivity contribution < 1.29 is 4.79 Å². The lowest BCUT2D eigenvalue weighted by atomic mass is 10.0. The number of para-hydroxylation sites is 2. The number of thiazole rings is 1. The number of nitrogens with zero attached hydrogens (tertiary/aromatic N) is 3. The molecular formula is C17H20ClN5O2S. The van der Waals surface area contributed by atoms with E-state index in [2.05, 4.69) is 9.97 Å². The summed E-state index contributed by atoms with van der Waals surface area (Å²) in [7, 11) is 0. The maximum Gasteiger partial charge on any atom is 0.326 e. The molecule has 1 aromatic carbocycles. The largest absolute Gasteiger partial charge is 0.337 e. The lowest BCUT2D eigenvalue weighted by molar-refractivity contribution is 0.0689. The standard InChI is InChI=1S/C17H19N5O2S.ClH/c18-9-15-19-13(10-25-15)16(23)21-7-5-11(6-8-21)22-14-4-2-1-3-12(14)20-17(22)24;/h1-4,10-11H,5-9,18H2,(H,20,24);1H. The number of piperidine rings is 1. The van der Waals surface area contributed by atoms with Crippen molar-refractivity contribution in [3.8, 4) is 0 Å². The predicted molar refractivity (Wildman–Crippen MR) is 104 cm³/mol. The highest BCUT2D eigenvalue weighted by molar-refractivity contribution is 7.09. The van der Waals surface area contributed by atoms with Crippen LogP contribution in [0.1, 0.15) is 34.4 Å². The molecule has 0 aliphatic carbocycles. The molecule has 7 nitrogen and oxygen atoms in total. The fourth-order valence-electron chi connectivity index (χ4n) is 3.43. The Bertz CT molecular complexity index is 971. The minimum Gasteiger partial charge on any atom is -0.337 e. The number of amides is 1. The molecular weight excluding hydrogens is 374 g/mol. The van der Waals surface area contributed by atoms with E-state index in [1.165, 1.54) is 11.3 Å². The third-order valence-electron chi connectivity index (χ3n) is 4.69. The van der Waals surface area contributed by atoms with Crippen LogP contribution in [0.2, 0.25) is 0 Å².